The third-order valence-corrected chi connectivity index (χ3v) is 4.99. The maximum absolute atomic E-state index is 12.9. The van der Waals surface area contributed by atoms with E-state index in [-0.39, 0.29) is 12.0 Å². The zero-order chi connectivity index (χ0) is 18.4. The Kier molecular flexibility index (Phi) is 6.87. The van der Waals surface area contributed by atoms with Crippen molar-refractivity contribution in [1.29, 1.82) is 0 Å². The molecule has 1 aliphatic rings. The van der Waals surface area contributed by atoms with Gasteiger partial charge in [-0.2, -0.15) is 13.2 Å². The molecule has 0 saturated heterocycles. The van der Waals surface area contributed by atoms with E-state index in [2.05, 4.69) is 5.32 Å². The topological polar surface area (TPSA) is 49.3 Å². The predicted molar refractivity (Wildman–Crippen MR) is 90.5 cm³/mol. The van der Waals surface area contributed by atoms with E-state index in [0.29, 0.717) is 6.42 Å². The predicted octanol–water partition coefficient (Wildman–Crippen LogP) is 4.96. The maximum atomic E-state index is 12.9. The number of nitrogens with one attached hydrogen (secondary N) is 1. The fraction of sp³-hybridized carbons (Fsp3) is 0.632. The first-order valence-corrected chi connectivity index (χ1v) is 8.97. The summed E-state index contributed by atoms with van der Waals surface area (Å²) in [4.78, 5) is 11.3. The Bertz CT molecular complexity index is 566. The molecule has 2 N–H and O–H groups in total. The van der Waals surface area contributed by atoms with Gasteiger partial charge in [0.25, 0.3) is 0 Å². The highest BCUT2D eigenvalue weighted by Gasteiger charge is 2.32. The van der Waals surface area contributed by atoms with Crippen LogP contribution in [0.3, 0.4) is 0 Å². The van der Waals surface area contributed by atoms with Crippen LogP contribution in [0.5, 0.6) is 0 Å². The average Bonchev–Trinajstić information content (AvgIpc) is 2.58. The highest BCUT2D eigenvalue weighted by Crippen LogP contribution is 2.36. The van der Waals surface area contributed by atoms with E-state index in [4.69, 9.17) is 0 Å². The number of aliphatic carboxylic acids is 1. The normalized spacial score (nSPS) is 22.6. The van der Waals surface area contributed by atoms with Crippen molar-refractivity contribution in [3.8, 4) is 0 Å². The number of rotatable bonds is 7. The van der Waals surface area contributed by atoms with Gasteiger partial charge in [-0.15, -0.1) is 0 Å². The van der Waals surface area contributed by atoms with Crippen LogP contribution >= 0.6 is 0 Å². The molecule has 1 unspecified atom stereocenters. The van der Waals surface area contributed by atoms with Crippen LogP contribution in [0.4, 0.5) is 13.2 Å². The lowest BCUT2D eigenvalue weighted by Crippen LogP contribution is -2.44. The number of carboxylic acid groups (broad SMARTS) is 1. The molecule has 0 aliphatic heterocycles. The number of hydrogen-bond acceptors (Lipinski definition) is 2. The van der Waals surface area contributed by atoms with Crippen LogP contribution in [-0.2, 0) is 11.0 Å². The van der Waals surface area contributed by atoms with Crippen LogP contribution in [0.15, 0.2) is 24.3 Å². The third-order valence-electron chi connectivity index (χ3n) is 4.99. The molecule has 0 amide bonds. The first-order chi connectivity index (χ1) is 11.8. The molecule has 0 radical (unpaired) electrons. The number of hydrogen-bond donors (Lipinski definition) is 2. The molecular formula is C19H26F3NO2. The third kappa shape index (κ3) is 5.73. The molecule has 140 valence electrons. The molecule has 2 rings (SSSR count). The van der Waals surface area contributed by atoms with E-state index in [1.807, 2.05) is 6.92 Å². The minimum Gasteiger partial charge on any atom is -0.480 e. The molecule has 0 spiro atoms. The van der Waals surface area contributed by atoms with Crippen molar-refractivity contribution in [2.75, 3.05) is 0 Å². The molecule has 25 heavy (non-hydrogen) atoms. The van der Waals surface area contributed by atoms with Crippen molar-refractivity contribution in [2.45, 2.75) is 76.0 Å². The molecule has 1 aromatic rings. The number of halogens is 3. The fourth-order valence-electron chi connectivity index (χ4n) is 3.53. The molecule has 1 atom stereocenters. The van der Waals surface area contributed by atoms with Crippen LogP contribution in [0.1, 0.15) is 68.9 Å². The van der Waals surface area contributed by atoms with Gasteiger partial charge in [-0.05, 0) is 49.7 Å². The number of carbonyl (C=O) groups is 1. The van der Waals surface area contributed by atoms with E-state index < -0.39 is 23.8 Å². The summed E-state index contributed by atoms with van der Waals surface area (Å²) < 4.78 is 38.6. The molecule has 3 nitrogen and oxygen atoms in total. The average molecular weight is 357 g/mol. The Hall–Kier alpha value is -1.56. The molecule has 6 heteroatoms. The van der Waals surface area contributed by atoms with Gasteiger partial charge in [0.1, 0.15) is 6.04 Å². The minimum absolute atomic E-state index is 0.110. The zero-order valence-electron chi connectivity index (χ0n) is 14.5. The van der Waals surface area contributed by atoms with Gasteiger partial charge in [-0.25, -0.2) is 0 Å². The van der Waals surface area contributed by atoms with Crippen molar-refractivity contribution >= 4 is 5.97 Å². The van der Waals surface area contributed by atoms with Gasteiger partial charge in [0.15, 0.2) is 0 Å². The smallest absolute Gasteiger partial charge is 0.416 e. The lowest BCUT2D eigenvalue weighted by molar-refractivity contribution is -0.140. The Balaban J connectivity index is 1.92. The summed E-state index contributed by atoms with van der Waals surface area (Å²) in [6.45, 7) is 2.03. The van der Waals surface area contributed by atoms with E-state index in [1.165, 1.54) is 12.1 Å². The lowest BCUT2D eigenvalue weighted by atomic mass is 9.81. The fourth-order valence-corrected chi connectivity index (χ4v) is 3.53. The van der Waals surface area contributed by atoms with Gasteiger partial charge in [-0.1, -0.05) is 38.0 Å². The quantitative estimate of drug-likeness (QED) is 0.725. The SMILES string of the molecule is CCCCC(NC1CCC(c2cccc(C(F)(F)F)c2)CC1)C(=O)O. The van der Waals surface area contributed by atoms with Gasteiger partial charge < -0.3 is 10.4 Å². The summed E-state index contributed by atoms with van der Waals surface area (Å²) in [6, 6.07) is 5.17. The highest BCUT2D eigenvalue weighted by molar-refractivity contribution is 5.73. The van der Waals surface area contributed by atoms with Gasteiger partial charge in [0.05, 0.1) is 5.56 Å². The van der Waals surface area contributed by atoms with Gasteiger partial charge in [0, 0.05) is 6.04 Å². The van der Waals surface area contributed by atoms with Crippen molar-refractivity contribution in [2.24, 2.45) is 0 Å². The Morgan fingerprint density at radius 3 is 2.52 bits per heavy atom. The molecule has 1 aromatic carbocycles. The molecule has 0 heterocycles. The Labute approximate surface area is 146 Å². The molecule has 0 bridgehead atoms. The standard InChI is InChI=1S/C19H26F3NO2/c1-2-3-7-17(18(24)25)23-16-10-8-13(9-11-16)14-5-4-6-15(12-14)19(20,21)22/h4-6,12-13,16-17,23H,2-3,7-11H2,1H3,(H,24,25). The number of alkyl halides is 3. The van der Waals surface area contributed by atoms with Crippen LogP contribution in [0.25, 0.3) is 0 Å². The molecule has 0 aromatic heterocycles. The van der Waals surface area contributed by atoms with E-state index in [9.17, 15) is 23.1 Å². The van der Waals surface area contributed by atoms with Crippen LogP contribution in [0.2, 0.25) is 0 Å². The second kappa shape index (κ2) is 8.70. The van der Waals surface area contributed by atoms with E-state index in [1.54, 1.807) is 6.07 Å². The van der Waals surface area contributed by atoms with E-state index in [0.717, 1.165) is 50.2 Å². The van der Waals surface area contributed by atoms with Gasteiger partial charge >= 0.3 is 12.1 Å². The molecule has 1 saturated carbocycles. The maximum Gasteiger partial charge on any atom is 0.416 e. The number of unbranched alkanes of at least 4 members (excludes halogenated alkanes) is 1. The second-order valence-corrected chi connectivity index (χ2v) is 6.87. The van der Waals surface area contributed by atoms with Crippen molar-refractivity contribution in [3.63, 3.8) is 0 Å². The molecular weight excluding hydrogens is 331 g/mol. The van der Waals surface area contributed by atoms with Gasteiger partial charge in [-0.3, -0.25) is 4.79 Å². The number of benzene rings is 1. The molecule has 1 aliphatic carbocycles. The number of carboxylic acids is 1. The first-order valence-electron chi connectivity index (χ1n) is 8.97. The lowest BCUT2D eigenvalue weighted by Gasteiger charge is -2.31. The molecule has 1 fully saturated rings. The second-order valence-electron chi connectivity index (χ2n) is 6.87. The Morgan fingerprint density at radius 2 is 1.96 bits per heavy atom. The monoisotopic (exact) mass is 357 g/mol. The van der Waals surface area contributed by atoms with Gasteiger partial charge in [0.2, 0.25) is 0 Å². The van der Waals surface area contributed by atoms with Crippen LogP contribution < -0.4 is 5.32 Å². The summed E-state index contributed by atoms with van der Waals surface area (Å²) >= 11 is 0. The largest absolute Gasteiger partial charge is 0.480 e. The minimum atomic E-state index is -4.32. The summed E-state index contributed by atoms with van der Waals surface area (Å²) in [5.74, 6) is -0.715. The summed E-state index contributed by atoms with van der Waals surface area (Å²) in [5, 5.41) is 12.5. The van der Waals surface area contributed by atoms with Crippen molar-refractivity contribution < 1.29 is 23.1 Å². The first kappa shape index (κ1) is 19.8. The summed E-state index contributed by atoms with van der Waals surface area (Å²) in [7, 11) is 0. The summed E-state index contributed by atoms with van der Waals surface area (Å²) in [5.41, 5.74) is 0.129. The van der Waals surface area contributed by atoms with E-state index >= 15 is 0 Å². The van der Waals surface area contributed by atoms with Crippen LogP contribution in [0, 0.1) is 0 Å². The zero-order valence-corrected chi connectivity index (χ0v) is 14.5. The highest BCUT2D eigenvalue weighted by atomic mass is 19.4. The van der Waals surface area contributed by atoms with Crippen molar-refractivity contribution in [3.05, 3.63) is 35.4 Å². The van der Waals surface area contributed by atoms with Crippen molar-refractivity contribution in [1.82, 2.24) is 5.32 Å². The van der Waals surface area contributed by atoms with Crippen LogP contribution in [-0.4, -0.2) is 23.2 Å². The Morgan fingerprint density at radius 1 is 1.28 bits per heavy atom. The summed E-state index contributed by atoms with van der Waals surface area (Å²) in [6.07, 6.45) is 1.24.